The molecule has 0 aromatic carbocycles. The van der Waals surface area contributed by atoms with Crippen LogP contribution in [0.15, 0.2) is 18.6 Å². The summed E-state index contributed by atoms with van der Waals surface area (Å²) >= 11 is 0. The van der Waals surface area contributed by atoms with Gasteiger partial charge in [0.15, 0.2) is 6.23 Å². The Kier molecular flexibility index (Phi) is 5.90. The van der Waals surface area contributed by atoms with E-state index in [0.717, 1.165) is 0 Å². The Labute approximate surface area is 155 Å². The third-order valence-corrected chi connectivity index (χ3v) is 5.05. The lowest BCUT2D eigenvalue weighted by Crippen LogP contribution is -2.33. The fraction of sp³-hybridized carbons (Fsp3) is 0.588. The lowest BCUT2D eigenvalue weighted by molar-refractivity contribution is -0.137. The molecular weight excluding hydrogens is 354 g/mol. The Balaban J connectivity index is 1.71. The predicted octanol–water partition coefficient (Wildman–Crippen LogP) is -0.147. The van der Waals surface area contributed by atoms with Crippen LogP contribution in [-0.4, -0.2) is 60.7 Å². The fourth-order valence-corrected chi connectivity index (χ4v) is 3.55. The Bertz CT molecular complexity index is 797. The number of aromatic nitrogens is 3. The Morgan fingerprint density at radius 3 is 2.81 bits per heavy atom. The van der Waals surface area contributed by atoms with E-state index in [0.29, 0.717) is 42.7 Å². The summed E-state index contributed by atoms with van der Waals surface area (Å²) in [6.45, 7) is 0.350. The van der Waals surface area contributed by atoms with E-state index in [9.17, 15) is 15.0 Å². The lowest BCUT2D eigenvalue weighted by atomic mass is 9.93. The molecule has 10 heteroatoms. The molecule has 5 atom stereocenters. The van der Waals surface area contributed by atoms with Crippen LogP contribution in [-0.2, 0) is 9.53 Å². The second kappa shape index (κ2) is 8.17. The summed E-state index contributed by atoms with van der Waals surface area (Å²) in [5.74, 6) is -0.529. The number of carboxylic acids is 1. The minimum absolute atomic E-state index is 0.00525. The monoisotopic (exact) mass is 379 g/mol. The number of fused-ring (bicyclic) bond motifs is 1. The molecule has 1 aliphatic rings. The summed E-state index contributed by atoms with van der Waals surface area (Å²) in [7, 11) is 0. The van der Waals surface area contributed by atoms with Crippen LogP contribution in [0.1, 0.15) is 31.9 Å². The van der Waals surface area contributed by atoms with Crippen molar-refractivity contribution in [2.24, 2.45) is 11.7 Å². The van der Waals surface area contributed by atoms with Crippen molar-refractivity contribution in [3.05, 3.63) is 18.6 Å². The van der Waals surface area contributed by atoms with Crippen molar-refractivity contribution in [2.75, 3.05) is 12.3 Å². The number of aliphatic hydroxyl groups excluding tert-OH is 2. The van der Waals surface area contributed by atoms with E-state index in [1.165, 1.54) is 6.33 Å². The molecule has 7 N–H and O–H groups in total. The SMILES string of the molecule is NC[C@@H](CCCC(=O)O)C[C@H]1O[C@@H](n2ccc3c(N)ncnc32)C(O)C1O. The Morgan fingerprint density at radius 2 is 2.11 bits per heavy atom. The van der Waals surface area contributed by atoms with Gasteiger partial charge in [0, 0.05) is 12.6 Å². The van der Waals surface area contributed by atoms with Crippen LogP contribution in [0.3, 0.4) is 0 Å². The fourth-order valence-electron chi connectivity index (χ4n) is 3.55. The summed E-state index contributed by atoms with van der Waals surface area (Å²) < 4.78 is 7.56. The molecule has 3 rings (SSSR count). The molecule has 0 bridgehead atoms. The zero-order valence-electron chi connectivity index (χ0n) is 14.8. The molecule has 27 heavy (non-hydrogen) atoms. The minimum Gasteiger partial charge on any atom is -0.481 e. The average molecular weight is 379 g/mol. The molecule has 0 aliphatic carbocycles. The first-order valence-corrected chi connectivity index (χ1v) is 8.92. The van der Waals surface area contributed by atoms with Crippen molar-refractivity contribution in [2.45, 2.75) is 50.2 Å². The molecule has 0 spiro atoms. The highest BCUT2D eigenvalue weighted by Gasteiger charge is 2.44. The van der Waals surface area contributed by atoms with Gasteiger partial charge in [-0.1, -0.05) is 0 Å². The molecule has 0 saturated carbocycles. The summed E-state index contributed by atoms with van der Waals surface area (Å²) in [6, 6.07) is 1.73. The molecule has 10 nitrogen and oxygen atoms in total. The van der Waals surface area contributed by atoms with Gasteiger partial charge in [-0.15, -0.1) is 0 Å². The molecule has 0 radical (unpaired) electrons. The molecule has 1 aliphatic heterocycles. The van der Waals surface area contributed by atoms with Gasteiger partial charge < -0.3 is 36.1 Å². The van der Waals surface area contributed by atoms with Gasteiger partial charge in [0.2, 0.25) is 0 Å². The molecule has 1 saturated heterocycles. The van der Waals surface area contributed by atoms with Crippen LogP contribution < -0.4 is 11.5 Å². The largest absolute Gasteiger partial charge is 0.481 e. The smallest absolute Gasteiger partial charge is 0.303 e. The number of nitrogens with zero attached hydrogens (tertiary/aromatic N) is 3. The van der Waals surface area contributed by atoms with Gasteiger partial charge in [0.1, 0.15) is 30.0 Å². The molecule has 2 aromatic heterocycles. The van der Waals surface area contributed by atoms with Crippen molar-refractivity contribution >= 4 is 22.8 Å². The first kappa shape index (κ1) is 19.5. The molecule has 2 unspecified atom stereocenters. The van der Waals surface area contributed by atoms with E-state index in [2.05, 4.69) is 9.97 Å². The van der Waals surface area contributed by atoms with Gasteiger partial charge in [-0.25, -0.2) is 9.97 Å². The number of nitrogen functional groups attached to an aromatic ring is 1. The number of carbonyl (C=O) groups is 1. The number of carboxylic acid groups (broad SMARTS) is 1. The minimum atomic E-state index is -1.14. The van der Waals surface area contributed by atoms with Gasteiger partial charge in [-0.3, -0.25) is 4.79 Å². The summed E-state index contributed by atoms with van der Waals surface area (Å²) in [4.78, 5) is 18.8. The topological polar surface area (TPSA) is 170 Å². The second-order valence-electron chi connectivity index (χ2n) is 6.89. The molecule has 148 valence electrons. The third-order valence-electron chi connectivity index (χ3n) is 5.05. The van der Waals surface area contributed by atoms with Gasteiger partial charge in [0.25, 0.3) is 0 Å². The number of hydrogen-bond acceptors (Lipinski definition) is 8. The van der Waals surface area contributed by atoms with E-state index in [-0.39, 0.29) is 12.3 Å². The second-order valence-corrected chi connectivity index (χ2v) is 6.89. The third kappa shape index (κ3) is 4.03. The number of aliphatic hydroxyl groups is 2. The van der Waals surface area contributed by atoms with Crippen molar-refractivity contribution in [3.8, 4) is 0 Å². The maximum atomic E-state index is 10.7. The first-order chi connectivity index (χ1) is 12.9. The van der Waals surface area contributed by atoms with Gasteiger partial charge in [0.05, 0.1) is 11.5 Å². The van der Waals surface area contributed by atoms with Crippen LogP contribution in [0.4, 0.5) is 5.82 Å². The van der Waals surface area contributed by atoms with E-state index in [1.807, 2.05) is 0 Å². The lowest BCUT2D eigenvalue weighted by Gasteiger charge is -2.21. The number of nitrogens with two attached hydrogens (primary N) is 2. The molecule has 1 fully saturated rings. The maximum absolute atomic E-state index is 10.7. The molecule has 0 amide bonds. The highest BCUT2D eigenvalue weighted by atomic mass is 16.6. The van der Waals surface area contributed by atoms with Gasteiger partial charge in [-0.2, -0.15) is 0 Å². The zero-order chi connectivity index (χ0) is 19.6. The number of anilines is 1. The normalized spacial score (nSPS) is 26.5. The highest BCUT2D eigenvalue weighted by molar-refractivity contribution is 5.86. The van der Waals surface area contributed by atoms with Crippen LogP contribution in [0.25, 0.3) is 11.0 Å². The van der Waals surface area contributed by atoms with Crippen LogP contribution in [0, 0.1) is 5.92 Å². The quantitative estimate of drug-likeness (QED) is 0.418. The summed E-state index contributed by atoms with van der Waals surface area (Å²) in [5, 5.41) is 30.3. The van der Waals surface area contributed by atoms with Crippen molar-refractivity contribution in [3.63, 3.8) is 0 Å². The van der Waals surface area contributed by atoms with Crippen LogP contribution in [0.5, 0.6) is 0 Å². The number of rotatable bonds is 8. The molecular formula is C17H25N5O5. The Hall–Kier alpha value is -2.27. The van der Waals surface area contributed by atoms with Crippen molar-refractivity contribution in [1.82, 2.24) is 14.5 Å². The van der Waals surface area contributed by atoms with E-state index < -0.39 is 30.5 Å². The number of ether oxygens (including phenoxy) is 1. The van der Waals surface area contributed by atoms with Crippen LogP contribution in [0.2, 0.25) is 0 Å². The van der Waals surface area contributed by atoms with Crippen LogP contribution >= 0.6 is 0 Å². The van der Waals surface area contributed by atoms with Gasteiger partial charge in [-0.05, 0) is 37.8 Å². The molecule has 3 heterocycles. The van der Waals surface area contributed by atoms with E-state index in [4.69, 9.17) is 21.3 Å². The highest BCUT2D eigenvalue weighted by Crippen LogP contribution is 2.35. The summed E-state index contributed by atoms with van der Waals surface area (Å²) in [5.41, 5.74) is 12.1. The van der Waals surface area contributed by atoms with E-state index >= 15 is 0 Å². The maximum Gasteiger partial charge on any atom is 0.303 e. The predicted molar refractivity (Wildman–Crippen MR) is 96.5 cm³/mol. The van der Waals surface area contributed by atoms with Crippen molar-refractivity contribution < 1.29 is 24.9 Å². The molecule has 2 aromatic rings. The number of hydrogen-bond donors (Lipinski definition) is 5. The zero-order valence-corrected chi connectivity index (χ0v) is 14.8. The van der Waals surface area contributed by atoms with Gasteiger partial charge >= 0.3 is 5.97 Å². The van der Waals surface area contributed by atoms with Crippen molar-refractivity contribution in [1.29, 1.82) is 0 Å². The number of aliphatic carboxylic acids is 1. The Morgan fingerprint density at radius 1 is 1.33 bits per heavy atom. The summed E-state index contributed by atoms with van der Waals surface area (Å²) in [6.07, 6.45) is 1.00. The average Bonchev–Trinajstić information content (AvgIpc) is 3.18. The van der Waals surface area contributed by atoms with E-state index in [1.54, 1.807) is 16.8 Å². The first-order valence-electron chi connectivity index (χ1n) is 8.92. The standard InChI is InChI=1S/C17H25N5O5/c18-7-9(2-1-3-12(23)24)6-11-13(25)14(26)17(27-11)22-5-4-10-15(19)20-8-21-16(10)22/h4-5,8-9,11,13-14,17,25-26H,1-3,6-7,18H2,(H,23,24)(H2,19,20,21)/t9-,11+,13?,14?,17+/m0/s1.